The number of nitrogens with zero attached hydrogens (tertiary/aromatic N) is 4. The van der Waals surface area contributed by atoms with Crippen molar-refractivity contribution in [2.75, 3.05) is 11.9 Å². The van der Waals surface area contributed by atoms with Gasteiger partial charge in [-0.2, -0.15) is 0 Å². The number of rotatable bonds is 8. The van der Waals surface area contributed by atoms with Crippen LogP contribution in [0.1, 0.15) is 24.6 Å². The molecule has 1 aliphatic carbocycles. The Morgan fingerprint density at radius 2 is 1.82 bits per heavy atom. The van der Waals surface area contributed by atoms with Gasteiger partial charge in [-0.05, 0) is 36.5 Å². The van der Waals surface area contributed by atoms with E-state index in [4.69, 9.17) is 4.74 Å². The second-order valence-corrected chi connectivity index (χ2v) is 10.3. The van der Waals surface area contributed by atoms with E-state index in [0.717, 1.165) is 36.0 Å². The highest BCUT2D eigenvalue weighted by Gasteiger charge is 2.48. The number of H-pyrrole nitrogens is 1. The molecule has 4 heterocycles. The second kappa shape index (κ2) is 10.0. The van der Waals surface area contributed by atoms with E-state index in [-0.39, 0.29) is 6.04 Å². The number of imidazole rings is 1. The summed E-state index contributed by atoms with van der Waals surface area (Å²) < 4.78 is 7.36. The zero-order valence-electron chi connectivity index (χ0n) is 21.6. The van der Waals surface area contributed by atoms with Crippen LogP contribution < -0.4 is 10.6 Å². The summed E-state index contributed by atoms with van der Waals surface area (Å²) in [5, 5.41) is 28.6. The first kappa shape index (κ1) is 24.7. The Balaban J connectivity index is 1.11. The number of aromatic amines is 1. The van der Waals surface area contributed by atoms with Crippen LogP contribution in [0.3, 0.4) is 0 Å². The lowest BCUT2D eigenvalue weighted by Crippen LogP contribution is -2.43. The van der Waals surface area contributed by atoms with Crippen molar-refractivity contribution in [2.45, 2.75) is 49.8 Å². The van der Waals surface area contributed by atoms with Gasteiger partial charge in [-0.1, -0.05) is 48.5 Å². The maximum atomic E-state index is 12.5. The van der Waals surface area contributed by atoms with Gasteiger partial charge in [0.2, 0.25) is 0 Å². The largest absolute Gasteiger partial charge is 0.387 e. The summed E-state index contributed by atoms with van der Waals surface area (Å²) in [4.78, 5) is 29.3. The van der Waals surface area contributed by atoms with Crippen molar-refractivity contribution in [3.05, 3.63) is 72.8 Å². The summed E-state index contributed by atoms with van der Waals surface area (Å²) in [5.74, 6) is 0.117. The molecule has 204 valence electrons. The molecule has 40 heavy (non-hydrogen) atoms. The Hall–Kier alpha value is -4.32. The Kier molecular flexibility index (Phi) is 6.18. The van der Waals surface area contributed by atoms with E-state index in [1.165, 1.54) is 28.2 Å². The summed E-state index contributed by atoms with van der Waals surface area (Å²) in [6.07, 6.45) is 0.575. The molecule has 1 saturated carbocycles. The smallest absolute Gasteiger partial charge is 0.252 e. The number of amides is 1. The number of aliphatic hydroxyl groups is 2. The van der Waals surface area contributed by atoms with Crippen LogP contribution in [0.15, 0.2) is 67.3 Å². The zero-order valence-corrected chi connectivity index (χ0v) is 21.6. The number of ether oxygens (including phenoxy) is 1. The molecule has 5 N–H and O–H groups in total. The molecular weight excluding hydrogens is 510 g/mol. The molecule has 1 amide bonds. The first-order valence-electron chi connectivity index (χ1n) is 13.5. The highest BCUT2D eigenvalue weighted by atomic mass is 16.6. The van der Waals surface area contributed by atoms with E-state index in [9.17, 15) is 15.0 Å². The molecule has 4 atom stereocenters. The SMILES string of the molecule is O=C(NC1CC1)[C@H]1O[C@@H](n2cnc3c(NCCc4c(-c5ccccc5)[nH]c5ccccc45)ncnc32)[C@H](O)[C@@H]1O. The summed E-state index contributed by atoms with van der Waals surface area (Å²) in [5.41, 5.74) is 5.43. The molecule has 1 aliphatic heterocycles. The first-order chi connectivity index (χ1) is 19.6. The van der Waals surface area contributed by atoms with E-state index in [1.807, 2.05) is 30.3 Å². The number of aliphatic hydroxyl groups excluding tert-OH is 2. The van der Waals surface area contributed by atoms with Crippen molar-refractivity contribution in [3.63, 3.8) is 0 Å². The Bertz CT molecular complexity index is 1680. The van der Waals surface area contributed by atoms with Gasteiger partial charge in [0.05, 0.1) is 6.33 Å². The highest BCUT2D eigenvalue weighted by molar-refractivity contribution is 5.91. The van der Waals surface area contributed by atoms with Gasteiger partial charge in [0.25, 0.3) is 5.91 Å². The minimum Gasteiger partial charge on any atom is -0.387 e. The average molecular weight is 540 g/mol. The number of carbonyl (C=O) groups is 1. The maximum Gasteiger partial charge on any atom is 0.252 e. The number of fused-ring (bicyclic) bond motifs is 2. The van der Waals surface area contributed by atoms with Crippen molar-refractivity contribution in [3.8, 4) is 11.3 Å². The second-order valence-electron chi connectivity index (χ2n) is 10.3. The lowest BCUT2D eigenvalue weighted by Gasteiger charge is -2.16. The van der Waals surface area contributed by atoms with Crippen LogP contribution in [0.4, 0.5) is 5.82 Å². The highest BCUT2D eigenvalue weighted by Crippen LogP contribution is 2.34. The molecule has 7 rings (SSSR count). The number of para-hydroxylation sites is 1. The van der Waals surface area contributed by atoms with E-state index < -0.39 is 30.4 Å². The van der Waals surface area contributed by atoms with Crippen molar-refractivity contribution in [1.29, 1.82) is 0 Å². The van der Waals surface area contributed by atoms with Crippen LogP contribution in [0.2, 0.25) is 0 Å². The first-order valence-corrected chi connectivity index (χ1v) is 13.5. The fourth-order valence-electron chi connectivity index (χ4n) is 5.40. The van der Waals surface area contributed by atoms with Crippen molar-refractivity contribution >= 4 is 33.8 Å². The molecule has 0 unspecified atom stereocenters. The lowest BCUT2D eigenvalue weighted by atomic mass is 10.0. The van der Waals surface area contributed by atoms with Gasteiger partial charge in [-0.3, -0.25) is 9.36 Å². The number of carbonyl (C=O) groups excluding carboxylic acids is 1. The fourth-order valence-corrected chi connectivity index (χ4v) is 5.40. The maximum absolute atomic E-state index is 12.5. The molecule has 11 heteroatoms. The quantitative estimate of drug-likeness (QED) is 0.202. The third-order valence-electron chi connectivity index (χ3n) is 7.60. The molecule has 1 saturated heterocycles. The standard InChI is InChI=1S/C29H29N7O4/c37-23-24(38)29(40-25(23)28(39)34-17-10-11-17)36-15-33-22-26(31-14-32-27(22)36)30-13-12-19-18-8-4-5-9-20(18)35-21(19)16-6-2-1-3-7-16/h1-9,14-15,17,23-25,29,35,37-38H,10-13H2,(H,34,39)(H,30,31,32)/t23-,24+,25-,29+/m0/s1. The number of hydrogen-bond acceptors (Lipinski definition) is 8. The van der Waals surface area contributed by atoms with Crippen LogP contribution >= 0.6 is 0 Å². The van der Waals surface area contributed by atoms with Gasteiger partial charge in [0, 0.05) is 29.2 Å². The molecule has 2 fully saturated rings. The number of anilines is 1. The molecule has 11 nitrogen and oxygen atoms in total. The fraction of sp³-hybridized carbons (Fsp3) is 0.310. The van der Waals surface area contributed by atoms with Crippen LogP contribution in [0.5, 0.6) is 0 Å². The average Bonchev–Trinajstić information content (AvgIpc) is 3.44. The van der Waals surface area contributed by atoms with Crippen LogP contribution in [-0.2, 0) is 16.0 Å². The Morgan fingerprint density at radius 1 is 1.02 bits per heavy atom. The minimum absolute atomic E-state index is 0.114. The normalized spacial score (nSPS) is 22.6. The molecule has 0 bridgehead atoms. The van der Waals surface area contributed by atoms with Gasteiger partial charge in [0.15, 0.2) is 29.3 Å². The van der Waals surface area contributed by atoms with E-state index in [2.05, 4.69) is 54.8 Å². The van der Waals surface area contributed by atoms with Gasteiger partial charge < -0.3 is 30.6 Å². The van der Waals surface area contributed by atoms with Gasteiger partial charge >= 0.3 is 0 Å². The van der Waals surface area contributed by atoms with E-state index in [1.54, 1.807) is 0 Å². The molecule has 2 aromatic carbocycles. The third-order valence-corrected chi connectivity index (χ3v) is 7.60. The van der Waals surface area contributed by atoms with E-state index in [0.29, 0.717) is 23.5 Å². The summed E-state index contributed by atoms with van der Waals surface area (Å²) in [6.45, 7) is 0.589. The third kappa shape index (κ3) is 4.37. The number of nitrogens with one attached hydrogen (secondary N) is 3. The van der Waals surface area contributed by atoms with Crippen LogP contribution in [0, 0.1) is 0 Å². The van der Waals surface area contributed by atoms with Crippen molar-refractivity contribution < 1.29 is 19.7 Å². The van der Waals surface area contributed by atoms with Gasteiger partial charge in [-0.25, -0.2) is 15.0 Å². The Labute approximate surface area is 229 Å². The Morgan fingerprint density at radius 3 is 2.65 bits per heavy atom. The van der Waals surface area contributed by atoms with Crippen LogP contribution in [-0.4, -0.2) is 71.5 Å². The topological polar surface area (TPSA) is 150 Å². The van der Waals surface area contributed by atoms with Crippen molar-refractivity contribution in [2.24, 2.45) is 0 Å². The molecule has 3 aromatic heterocycles. The van der Waals surface area contributed by atoms with Gasteiger partial charge in [-0.15, -0.1) is 0 Å². The summed E-state index contributed by atoms with van der Waals surface area (Å²) >= 11 is 0. The summed E-state index contributed by atoms with van der Waals surface area (Å²) in [6, 6.07) is 18.6. The summed E-state index contributed by atoms with van der Waals surface area (Å²) in [7, 11) is 0. The van der Waals surface area contributed by atoms with Crippen LogP contribution in [0.25, 0.3) is 33.3 Å². The number of benzene rings is 2. The monoisotopic (exact) mass is 539 g/mol. The molecule has 2 aliphatic rings. The van der Waals surface area contributed by atoms with E-state index >= 15 is 0 Å². The zero-order chi connectivity index (χ0) is 27.2. The predicted molar refractivity (Wildman–Crippen MR) is 148 cm³/mol. The number of hydrogen-bond donors (Lipinski definition) is 5. The molecular formula is C29H29N7O4. The number of aromatic nitrogens is 5. The molecule has 0 spiro atoms. The van der Waals surface area contributed by atoms with Crippen molar-refractivity contribution in [1.82, 2.24) is 29.8 Å². The predicted octanol–water partition coefficient (Wildman–Crippen LogP) is 2.53. The molecule has 5 aromatic rings. The molecule has 0 radical (unpaired) electrons. The lowest BCUT2D eigenvalue weighted by molar-refractivity contribution is -0.137. The van der Waals surface area contributed by atoms with Gasteiger partial charge in [0.1, 0.15) is 18.5 Å². The minimum atomic E-state index is -1.37.